The molecule has 4 rings (SSSR count). The number of rotatable bonds is 5. The third-order valence-corrected chi connectivity index (χ3v) is 6.95. The van der Waals surface area contributed by atoms with Crippen LogP contribution < -0.4 is 10.7 Å². The summed E-state index contributed by atoms with van der Waals surface area (Å²) in [6.45, 7) is 6.51. The molecule has 5 nitrogen and oxygen atoms in total. The lowest BCUT2D eigenvalue weighted by Gasteiger charge is -2.30. The Morgan fingerprint density at radius 2 is 1.87 bits per heavy atom. The Kier molecular flexibility index (Phi) is 6.35. The second kappa shape index (κ2) is 9.14. The summed E-state index contributed by atoms with van der Waals surface area (Å²) in [6.07, 6.45) is 4.91. The van der Waals surface area contributed by atoms with E-state index in [1.807, 2.05) is 26.0 Å². The van der Waals surface area contributed by atoms with Crippen LogP contribution in [-0.4, -0.2) is 30.4 Å². The van der Waals surface area contributed by atoms with Gasteiger partial charge >= 0.3 is 0 Å². The number of hydrogen-bond acceptors (Lipinski definition) is 5. The van der Waals surface area contributed by atoms with E-state index < -0.39 is 0 Å². The number of thiophene rings is 1. The summed E-state index contributed by atoms with van der Waals surface area (Å²) in [5.74, 6) is -0.278. The van der Waals surface area contributed by atoms with Crippen LogP contribution in [0.4, 0.5) is 0 Å². The van der Waals surface area contributed by atoms with Gasteiger partial charge in [0.1, 0.15) is 5.58 Å². The lowest BCUT2D eigenvalue weighted by atomic mass is 10.1. The molecule has 0 aliphatic carbocycles. The molecule has 158 valence electrons. The van der Waals surface area contributed by atoms with Gasteiger partial charge in [0.05, 0.1) is 11.4 Å². The Hall–Kier alpha value is -2.44. The van der Waals surface area contributed by atoms with E-state index in [-0.39, 0.29) is 23.1 Å². The number of likely N-dealkylation sites (tertiary alicyclic amines) is 1. The van der Waals surface area contributed by atoms with E-state index in [2.05, 4.69) is 27.7 Å². The van der Waals surface area contributed by atoms with Gasteiger partial charge in [-0.25, -0.2) is 0 Å². The molecule has 1 aromatic carbocycles. The molecule has 6 heteroatoms. The van der Waals surface area contributed by atoms with Crippen LogP contribution in [0.15, 0.2) is 44.9 Å². The fourth-order valence-electron chi connectivity index (χ4n) is 4.10. The maximum absolute atomic E-state index is 12.9. The number of amides is 1. The third kappa shape index (κ3) is 4.50. The Morgan fingerprint density at radius 1 is 1.13 bits per heavy atom. The number of carbonyl (C=O) groups excluding carboxylic acids is 1. The summed E-state index contributed by atoms with van der Waals surface area (Å²) < 4.78 is 5.81. The summed E-state index contributed by atoms with van der Waals surface area (Å²) in [6, 6.07) is 9.29. The molecule has 1 aliphatic heterocycles. The minimum absolute atomic E-state index is 0.0662. The molecule has 1 aliphatic rings. The van der Waals surface area contributed by atoms with Crippen molar-refractivity contribution in [2.24, 2.45) is 0 Å². The molecule has 2 aromatic heterocycles. The van der Waals surface area contributed by atoms with Crippen molar-refractivity contribution in [2.75, 3.05) is 19.6 Å². The van der Waals surface area contributed by atoms with Gasteiger partial charge in [-0.05, 0) is 74.5 Å². The molecule has 1 amide bonds. The summed E-state index contributed by atoms with van der Waals surface area (Å²) in [7, 11) is 0. The SMILES string of the molecule is Cc1cc2oc(C(=O)NC[C@H](c3cccs3)N3CCCCCC3)cc(=O)c2cc1C. The fourth-order valence-corrected chi connectivity index (χ4v) is 4.96. The maximum atomic E-state index is 12.9. The first kappa shape index (κ1) is 20.8. The first-order chi connectivity index (χ1) is 14.5. The second-order valence-corrected chi connectivity index (χ2v) is 9.08. The van der Waals surface area contributed by atoms with Gasteiger partial charge in [-0.15, -0.1) is 11.3 Å². The van der Waals surface area contributed by atoms with E-state index in [0.717, 1.165) is 24.2 Å². The molecular formula is C24H28N2O3S. The Balaban J connectivity index is 1.54. The quantitative estimate of drug-likeness (QED) is 0.638. The van der Waals surface area contributed by atoms with Crippen LogP contribution in [0.5, 0.6) is 0 Å². The van der Waals surface area contributed by atoms with Crippen molar-refractivity contribution in [1.29, 1.82) is 0 Å². The molecule has 1 fully saturated rings. The van der Waals surface area contributed by atoms with E-state index in [1.165, 1.54) is 36.6 Å². The summed E-state index contributed by atoms with van der Waals surface area (Å²) >= 11 is 1.72. The van der Waals surface area contributed by atoms with Gasteiger partial charge in [-0.2, -0.15) is 0 Å². The van der Waals surface area contributed by atoms with Crippen LogP contribution in [0.3, 0.4) is 0 Å². The molecule has 0 saturated carbocycles. The zero-order valence-electron chi connectivity index (χ0n) is 17.6. The summed E-state index contributed by atoms with van der Waals surface area (Å²) in [4.78, 5) is 29.1. The fraction of sp³-hybridized carbons (Fsp3) is 0.417. The van der Waals surface area contributed by atoms with Crippen molar-refractivity contribution in [3.05, 3.63) is 67.7 Å². The van der Waals surface area contributed by atoms with E-state index >= 15 is 0 Å². The number of nitrogens with zero attached hydrogens (tertiary/aromatic N) is 1. The molecule has 0 spiro atoms. The highest BCUT2D eigenvalue weighted by Gasteiger charge is 2.24. The Bertz CT molecular complexity index is 1080. The number of fused-ring (bicyclic) bond motifs is 1. The van der Waals surface area contributed by atoms with Crippen LogP contribution in [0.2, 0.25) is 0 Å². The van der Waals surface area contributed by atoms with Crippen molar-refractivity contribution in [2.45, 2.75) is 45.6 Å². The molecule has 1 saturated heterocycles. The van der Waals surface area contributed by atoms with Crippen molar-refractivity contribution >= 4 is 28.2 Å². The zero-order valence-corrected chi connectivity index (χ0v) is 18.4. The first-order valence-electron chi connectivity index (χ1n) is 10.6. The van der Waals surface area contributed by atoms with Crippen LogP contribution in [-0.2, 0) is 0 Å². The number of carbonyl (C=O) groups is 1. The topological polar surface area (TPSA) is 62.6 Å². The summed E-state index contributed by atoms with van der Waals surface area (Å²) in [5.41, 5.74) is 2.33. The highest BCUT2D eigenvalue weighted by atomic mass is 32.1. The van der Waals surface area contributed by atoms with E-state index in [4.69, 9.17) is 4.42 Å². The first-order valence-corrected chi connectivity index (χ1v) is 11.5. The molecule has 1 N–H and O–H groups in total. The van der Waals surface area contributed by atoms with Gasteiger partial charge in [0.2, 0.25) is 0 Å². The largest absolute Gasteiger partial charge is 0.451 e. The van der Waals surface area contributed by atoms with Crippen LogP contribution in [0.1, 0.15) is 58.3 Å². The van der Waals surface area contributed by atoms with Crippen LogP contribution in [0, 0.1) is 13.8 Å². The third-order valence-electron chi connectivity index (χ3n) is 5.98. The van der Waals surface area contributed by atoms with E-state index in [9.17, 15) is 9.59 Å². The van der Waals surface area contributed by atoms with Gasteiger partial charge in [0.15, 0.2) is 11.2 Å². The molecule has 3 aromatic rings. The number of benzene rings is 1. The van der Waals surface area contributed by atoms with Crippen molar-refractivity contribution in [1.82, 2.24) is 10.2 Å². The second-order valence-electron chi connectivity index (χ2n) is 8.10. The van der Waals surface area contributed by atoms with Gasteiger partial charge in [0.25, 0.3) is 5.91 Å². The van der Waals surface area contributed by atoms with E-state index in [1.54, 1.807) is 11.3 Å². The zero-order chi connectivity index (χ0) is 21.1. The monoisotopic (exact) mass is 424 g/mol. The summed E-state index contributed by atoms with van der Waals surface area (Å²) in [5, 5.41) is 5.60. The molecule has 3 heterocycles. The average molecular weight is 425 g/mol. The lowest BCUT2D eigenvalue weighted by molar-refractivity contribution is 0.0907. The maximum Gasteiger partial charge on any atom is 0.287 e. The molecule has 0 bridgehead atoms. The van der Waals surface area contributed by atoms with Gasteiger partial charge in [-0.1, -0.05) is 18.9 Å². The Morgan fingerprint density at radius 3 is 2.57 bits per heavy atom. The highest BCUT2D eigenvalue weighted by molar-refractivity contribution is 7.10. The molecule has 30 heavy (non-hydrogen) atoms. The van der Waals surface area contributed by atoms with Crippen LogP contribution >= 0.6 is 11.3 Å². The predicted molar refractivity (Wildman–Crippen MR) is 121 cm³/mol. The number of aryl methyl sites for hydroxylation is 2. The van der Waals surface area contributed by atoms with Crippen molar-refractivity contribution in [3.8, 4) is 0 Å². The minimum Gasteiger partial charge on any atom is -0.451 e. The number of nitrogens with one attached hydrogen (secondary N) is 1. The van der Waals surface area contributed by atoms with Gasteiger partial charge in [-0.3, -0.25) is 14.5 Å². The highest BCUT2D eigenvalue weighted by Crippen LogP contribution is 2.27. The molecule has 0 unspecified atom stereocenters. The smallest absolute Gasteiger partial charge is 0.287 e. The minimum atomic E-state index is -0.344. The predicted octanol–water partition coefficient (Wildman–Crippen LogP) is 4.82. The lowest BCUT2D eigenvalue weighted by Crippen LogP contribution is -2.38. The van der Waals surface area contributed by atoms with Gasteiger partial charge < -0.3 is 9.73 Å². The number of hydrogen-bond donors (Lipinski definition) is 1. The molecule has 0 radical (unpaired) electrons. The van der Waals surface area contributed by atoms with Crippen molar-refractivity contribution in [3.63, 3.8) is 0 Å². The molecular weight excluding hydrogens is 396 g/mol. The van der Waals surface area contributed by atoms with Crippen LogP contribution in [0.25, 0.3) is 11.0 Å². The van der Waals surface area contributed by atoms with E-state index in [0.29, 0.717) is 17.5 Å². The molecule has 1 atom stereocenters. The average Bonchev–Trinajstić information content (AvgIpc) is 3.12. The standard InChI is InChI=1S/C24H28N2O3S/c1-16-12-18-20(27)14-22(29-21(18)13-17(16)2)24(28)25-15-19(23-8-7-11-30-23)26-9-5-3-4-6-10-26/h7-8,11-14,19H,3-6,9-10,15H2,1-2H3,(H,25,28)/t19-/m1/s1. The Labute approximate surface area is 180 Å². The van der Waals surface area contributed by atoms with Crippen molar-refractivity contribution < 1.29 is 9.21 Å². The van der Waals surface area contributed by atoms with Gasteiger partial charge in [0, 0.05) is 17.5 Å². The normalized spacial score (nSPS) is 16.3.